The van der Waals surface area contributed by atoms with Crippen LogP contribution in [0.1, 0.15) is 16.1 Å². The average Bonchev–Trinajstić information content (AvgIpc) is 2.27. The summed E-state index contributed by atoms with van der Waals surface area (Å²) in [7, 11) is 1.56. The molecule has 4 heteroatoms. The number of carboxylic acid groups (broad SMARTS) is 1. The molecule has 0 spiro atoms. The van der Waals surface area contributed by atoms with Crippen LogP contribution in [0.15, 0.2) is 24.3 Å². The van der Waals surface area contributed by atoms with Crippen LogP contribution in [0.3, 0.4) is 0 Å². The number of nitrogens with zero attached hydrogens (tertiary/aromatic N) is 1. The van der Waals surface area contributed by atoms with Crippen LogP contribution in [0.5, 0.6) is 5.75 Å². The molecule has 1 aromatic carbocycles. The van der Waals surface area contributed by atoms with Crippen molar-refractivity contribution in [3.8, 4) is 5.75 Å². The molecule has 2 aromatic rings. The second-order valence-electron chi connectivity index (χ2n) is 3.50. The predicted octanol–water partition coefficient (Wildman–Crippen LogP) is 2.25. The third kappa shape index (κ3) is 1.69. The summed E-state index contributed by atoms with van der Waals surface area (Å²) in [5.41, 5.74) is 1.81. The van der Waals surface area contributed by atoms with Crippen molar-refractivity contribution in [1.82, 2.24) is 4.98 Å². The van der Waals surface area contributed by atoms with Gasteiger partial charge in [0.15, 0.2) is 0 Å². The fraction of sp³-hybridized carbons (Fsp3) is 0.167. The Labute approximate surface area is 92.5 Å². The first-order valence-electron chi connectivity index (χ1n) is 4.80. The number of hydrogen-bond donors (Lipinski definition) is 1. The van der Waals surface area contributed by atoms with Gasteiger partial charge in [-0.3, -0.25) is 4.98 Å². The van der Waals surface area contributed by atoms with Gasteiger partial charge in [-0.15, -0.1) is 0 Å². The summed E-state index contributed by atoms with van der Waals surface area (Å²) in [4.78, 5) is 15.2. The normalized spacial score (nSPS) is 10.4. The van der Waals surface area contributed by atoms with E-state index < -0.39 is 5.97 Å². The summed E-state index contributed by atoms with van der Waals surface area (Å²) in [6.07, 6.45) is 0. The van der Waals surface area contributed by atoms with Gasteiger partial charge in [0, 0.05) is 17.1 Å². The predicted molar refractivity (Wildman–Crippen MR) is 60.0 cm³/mol. The number of benzene rings is 1. The van der Waals surface area contributed by atoms with E-state index in [1.165, 1.54) is 6.07 Å². The van der Waals surface area contributed by atoms with Gasteiger partial charge in [-0.05, 0) is 25.1 Å². The number of fused-ring (bicyclic) bond motifs is 1. The van der Waals surface area contributed by atoms with Crippen LogP contribution in [0.2, 0.25) is 0 Å². The van der Waals surface area contributed by atoms with Crippen LogP contribution in [0.25, 0.3) is 10.9 Å². The molecule has 1 aromatic heterocycles. The van der Waals surface area contributed by atoms with Crippen LogP contribution < -0.4 is 4.74 Å². The highest BCUT2D eigenvalue weighted by Gasteiger charge is 2.08. The van der Waals surface area contributed by atoms with E-state index >= 15 is 0 Å². The zero-order valence-corrected chi connectivity index (χ0v) is 9.02. The lowest BCUT2D eigenvalue weighted by molar-refractivity contribution is 0.0697. The first-order chi connectivity index (χ1) is 7.61. The van der Waals surface area contributed by atoms with E-state index in [1.54, 1.807) is 25.3 Å². The molecule has 0 bridgehead atoms. The highest BCUT2D eigenvalue weighted by Crippen LogP contribution is 2.26. The van der Waals surface area contributed by atoms with Crippen molar-refractivity contribution in [1.29, 1.82) is 0 Å². The van der Waals surface area contributed by atoms with Gasteiger partial charge in [0.1, 0.15) is 5.75 Å². The Kier molecular flexibility index (Phi) is 2.48. The monoisotopic (exact) mass is 217 g/mol. The fourth-order valence-electron chi connectivity index (χ4n) is 1.62. The molecule has 0 saturated heterocycles. The molecule has 0 aliphatic rings. The lowest BCUT2D eigenvalue weighted by Crippen LogP contribution is -1.97. The topological polar surface area (TPSA) is 59.4 Å². The lowest BCUT2D eigenvalue weighted by atomic mass is 10.1. The Morgan fingerprint density at radius 2 is 2.12 bits per heavy atom. The van der Waals surface area contributed by atoms with Crippen LogP contribution in [0.4, 0.5) is 0 Å². The summed E-state index contributed by atoms with van der Waals surface area (Å²) in [6, 6.07) is 6.59. The zero-order chi connectivity index (χ0) is 11.7. The minimum Gasteiger partial charge on any atom is -0.496 e. The van der Waals surface area contributed by atoms with E-state index in [9.17, 15) is 4.79 Å². The number of pyridine rings is 1. The van der Waals surface area contributed by atoms with Crippen molar-refractivity contribution in [2.45, 2.75) is 6.92 Å². The SMILES string of the molecule is COc1cc(C)nc2ccc(C(=O)O)cc12. The number of hydrogen-bond acceptors (Lipinski definition) is 3. The van der Waals surface area contributed by atoms with E-state index in [4.69, 9.17) is 9.84 Å². The summed E-state index contributed by atoms with van der Waals surface area (Å²) in [5, 5.41) is 9.62. The van der Waals surface area contributed by atoms with Gasteiger partial charge in [0.2, 0.25) is 0 Å². The van der Waals surface area contributed by atoms with Gasteiger partial charge in [0.05, 0.1) is 18.2 Å². The molecule has 0 atom stereocenters. The smallest absolute Gasteiger partial charge is 0.335 e. The molecule has 1 N–H and O–H groups in total. The van der Waals surface area contributed by atoms with E-state index in [-0.39, 0.29) is 5.56 Å². The first kappa shape index (κ1) is 10.4. The third-order valence-corrected chi connectivity index (χ3v) is 2.37. The number of carbonyl (C=O) groups is 1. The summed E-state index contributed by atoms with van der Waals surface area (Å²) >= 11 is 0. The molecule has 2 rings (SSSR count). The largest absolute Gasteiger partial charge is 0.496 e. The van der Waals surface area contributed by atoms with E-state index in [2.05, 4.69) is 4.98 Å². The van der Waals surface area contributed by atoms with Crippen molar-refractivity contribution in [3.05, 3.63) is 35.5 Å². The van der Waals surface area contributed by atoms with Crippen molar-refractivity contribution >= 4 is 16.9 Å². The first-order valence-corrected chi connectivity index (χ1v) is 4.80. The minimum atomic E-state index is -0.954. The maximum absolute atomic E-state index is 10.8. The Bertz CT molecular complexity index is 563. The highest BCUT2D eigenvalue weighted by molar-refractivity contribution is 5.95. The number of rotatable bonds is 2. The van der Waals surface area contributed by atoms with Crippen LogP contribution in [0, 0.1) is 6.92 Å². The van der Waals surface area contributed by atoms with E-state index in [1.807, 2.05) is 6.92 Å². The van der Waals surface area contributed by atoms with Gasteiger partial charge < -0.3 is 9.84 Å². The van der Waals surface area contributed by atoms with Crippen molar-refractivity contribution in [2.24, 2.45) is 0 Å². The third-order valence-electron chi connectivity index (χ3n) is 2.37. The Hall–Kier alpha value is -2.10. The van der Waals surface area contributed by atoms with E-state index in [0.29, 0.717) is 11.1 Å². The molecule has 82 valence electrons. The molecule has 0 aliphatic carbocycles. The Morgan fingerprint density at radius 1 is 1.38 bits per heavy atom. The number of aromatic carboxylic acids is 1. The van der Waals surface area contributed by atoms with Crippen LogP contribution in [-0.4, -0.2) is 23.2 Å². The maximum atomic E-state index is 10.8. The number of aryl methyl sites for hydroxylation is 1. The van der Waals surface area contributed by atoms with Gasteiger partial charge in [-0.25, -0.2) is 4.79 Å². The molecule has 4 nitrogen and oxygen atoms in total. The fourth-order valence-corrected chi connectivity index (χ4v) is 1.62. The molecule has 0 saturated carbocycles. The molecule has 1 heterocycles. The highest BCUT2D eigenvalue weighted by atomic mass is 16.5. The van der Waals surface area contributed by atoms with Crippen LogP contribution in [-0.2, 0) is 0 Å². The molecular weight excluding hydrogens is 206 g/mol. The molecule has 0 radical (unpaired) electrons. The summed E-state index contributed by atoms with van der Waals surface area (Å²) in [6.45, 7) is 1.87. The van der Waals surface area contributed by atoms with Gasteiger partial charge in [-0.2, -0.15) is 0 Å². The Morgan fingerprint density at radius 3 is 2.75 bits per heavy atom. The van der Waals surface area contributed by atoms with E-state index in [0.717, 1.165) is 11.2 Å². The van der Waals surface area contributed by atoms with Gasteiger partial charge >= 0.3 is 5.97 Å². The average molecular weight is 217 g/mol. The number of methoxy groups -OCH3 is 1. The maximum Gasteiger partial charge on any atom is 0.335 e. The number of carboxylic acids is 1. The van der Waals surface area contributed by atoms with Gasteiger partial charge in [0.25, 0.3) is 0 Å². The van der Waals surface area contributed by atoms with Crippen molar-refractivity contribution in [3.63, 3.8) is 0 Å². The molecular formula is C12H11NO3. The van der Waals surface area contributed by atoms with Crippen LogP contribution >= 0.6 is 0 Å². The van der Waals surface area contributed by atoms with Gasteiger partial charge in [-0.1, -0.05) is 0 Å². The quantitative estimate of drug-likeness (QED) is 0.838. The number of ether oxygens (including phenoxy) is 1. The standard InChI is InChI=1S/C12H11NO3/c1-7-5-11(16-2)9-6-8(12(14)15)3-4-10(9)13-7/h3-6H,1-2H3,(H,14,15). The molecule has 0 unspecified atom stereocenters. The Balaban J connectivity index is 2.75. The summed E-state index contributed by atoms with van der Waals surface area (Å²) < 4.78 is 5.21. The van der Waals surface area contributed by atoms with Crippen molar-refractivity contribution < 1.29 is 14.6 Å². The molecule has 0 amide bonds. The molecule has 16 heavy (non-hydrogen) atoms. The zero-order valence-electron chi connectivity index (χ0n) is 9.02. The lowest BCUT2D eigenvalue weighted by Gasteiger charge is -2.07. The second-order valence-corrected chi connectivity index (χ2v) is 3.50. The molecule has 0 aliphatic heterocycles. The second kappa shape index (κ2) is 3.81. The molecule has 0 fully saturated rings. The minimum absolute atomic E-state index is 0.233. The number of aromatic nitrogens is 1. The summed E-state index contributed by atoms with van der Waals surface area (Å²) in [5.74, 6) is -0.310. The van der Waals surface area contributed by atoms with Crippen molar-refractivity contribution in [2.75, 3.05) is 7.11 Å².